The van der Waals surface area contributed by atoms with Gasteiger partial charge in [-0.25, -0.2) is 0 Å². The summed E-state index contributed by atoms with van der Waals surface area (Å²) in [5.74, 6) is 0.766. The molecule has 0 spiro atoms. The van der Waals surface area contributed by atoms with Crippen LogP contribution in [0.4, 0.5) is 0 Å². The van der Waals surface area contributed by atoms with Crippen molar-refractivity contribution in [1.29, 1.82) is 0 Å². The van der Waals surface area contributed by atoms with Gasteiger partial charge in [-0.1, -0.05) is 0 Å². The van der Waals surface area contributed by atoms with Crippen molar-refractivity contribution in [1.82, 2.24) is 0 Å². The molecule has 1 N–H and O–H groups in total. The Morgan fingerprint density at radius 3 is 2.90 bits per heavy atom. The highest BCUT2D eigenvalue weighted by atomic mass is 16.3. The van der Waals surface area contributed by atoms with E-state index in [1.807, 2.05) is 0 Å². The normalized spacial score (nSPS) is 28.1. The molecule has 10 heavy (non-hydrogen) atoms. The van der Waals surface area contributed by atoms with Gasteiger partial charge >= 0.3 is 0 Å². The SMILES string of the molecule is O=C1CCCC(CO)CC1. The van der Waals surface area contributed by atoms with Gasteiger partial charge in [0.25, 0.3) is 0 Å². The minimum Gasteiger partial charge on any atom is -0.396 e. The first-order valence-electron chi connectivity index (χ1n) is 3.95. The van der Waals surface area contributed by atoms with Crippen LogP contribution < -0.4 is 0 Å². The molecule has 1 aliphatic rings. The fourth-order valence-corrected chi connectivity index (χ4v) is 1.40. The van der Waals surface area contributed by atoms with Gasteiger partial charge in [-0.2, -0.15) is 0 Å². The first-order valence-corrected chi connectivity index (χ1v) is 3.95. The van der Waals surface area contributed by atoms with Gasteiger partial charge in [-0.15, -0.1) is 0 Å². The van der Waals surface area contributed by atoms with Gasteiger partial charge in [0.15, 0.2) is 0 Å². The molecule has 0 amide bonds. The van der Waals surface area contributed by atoms with E-state index in [9.17, 15) is 4.79 Å². The van der Waals surface area contributed by atoms with Crippen LogP contribution in [0.1, 0.15) is 32.1 Å². The molecule has 1 atom stereocenters. The number of rotatable bonds is 1. The van der Waals surface area contributed by atoms with E-state index >= 15 is 0 Å². The predicted octanol–water partition coefficient (Wildman–Crippen LogP) is 1.13. The van der Waals surface area contributed by atoms with Crippen molar-refractivity contribution >= 4 is 5.78 Å². The zero-order valence-corrected chi connectivity index (χ0v) is 6.18. The van der Waals surface area contributed by atoms with Crippen LogP contribution in [-0.4, -0.2) is 17.5 Å². The maximum Gasteiger partial charge on any atom is 0.132 e. The lowest BCUT2D eigenvalue weighted by Gasteiger charge is -2.07. The molecule has 0 radical (unpaired) electrons. The van der Waals surface area contributed by atoms with E-state index in [2.05, 4.69) is 0 Å². The highest BCUT2D eigenvalue weighted by Crippen LogP contribution is 2.19. The molecule has 0 heterocycles. The third-order valence-corrected chi connectivity index (χ3v) is 2.16. The Balaban J connectivity index is 2.33. The highest BCUT2D eigenvalue weighted by Gasteiger charge is 2.14. The summed E-state index contributed by atoms with van der Waals surface area (Å²) in [6.45, 7) is 0.257. The average molecular weight is 142 g/mol. The summed E-state index contributed by atoms with van der Waals surface area (Å²) in [6, 6.07) is 0. The number of ketones is 1. The molecule has 1 aliphatic carbocycles. The summed E-state index contributed by atoms with van der Waals surface area (Å²) in [5, 5.41) is 8.79. The van der Waals surface area contributed by atoms with E-state index in [1.54, 1.807) is 0 Å². The molecular formula is C8H14O2. The maximum absolute atomic E-state index is 10.9. The monoisotopic (exact) mass is 142 g/mol. The largest absolute Gasteiger partial charge is 0.396 e. The van der Waals surface area contributed by atoms with Crippen LogP contribution in [0.25, 0.3) is 0 Å². The van der Waals surface area contributed by atoms with Gasteiger partial charge in [0.05, 0.1) is 0 Å². The molecule has 1 unspecified atom stereocenters. The predicted molar refractivity (Wildman–Crippen MR) is 38.7 cm³/mol. The van der Waals surface area contributed by atoms with Crippen LogP contribution >= 0.6 is 0 Å². The fourth-order valence-electron chi connectivity index (χ4n) is 1.40. The Hall–Kier alpha value is -0.370. The Labute approximate surface area is 61.2 Å². The van der Waals surface area contributed by atoms with Gasteiger partial charge < -0.3 is 5.11 Å². The zero-order valence-electron chi connectivity index (χ0n) is 6.18. The number of hydrogen-bond donors (Lipinski definition) is 1. The molecular weight excluding hydrogens is 128 g/mol. The molecule has 1 fully saturated rings. The summed E-state index contributed by atoms with van der Waals surface area (Å²) in [7, 11) is 0. The van der Waals surface area contributed by atoms with E-state index < -0.39 is 0 Å². The van der Waals surface area contributed by atoms with Crippen LogP contribution in [-0.2, 0) is 4.79 Å². The molecule has 0 aliphatic heterocycles. The summed E-state index contributed by atoms with van der Waals surface area (Å²) in [5.41, 5.74) is 0. The molecule has 58 valence electrons. The second kappa shape index (κ2) is 3.71. The Morgan fingerprint density at radius 2 is 2.20 bits per heavy atom. The molecule has 2 heteroatoms. The van der Waals surface area contributed by atoms with E-state index in [-0.39, 0.29) is 6.61 Å². The molecule has 0 saturated heterocycles. The van der Waals surface area contributed by atoms with E-state index in [4.69, 9.17) is 5.11 Å². The highest BCUT2D eigenvalue weighted by molar-refractivity contribution is 5.78. The van der Waals surface area contributed by atoms with Gasteiger partial charge in [-0.05, 0) is 25.2 Å². The second-order valence-corrected chi connectivity index (χ2v) is 3.02. The van der Waals surface area contributed by atoms with Crippen molar-refractivity contribution in [3.05, 3.63) is 0 Å². The first kappa shape index (κ1) is 7.73. The summed E-state index contributed by atoms with van der Waals surface area (Å²) in [6.07, 6.45) is 4.32. The van der Waals surface area contributed by atoms with Crippen LogP contribution in [0.15, 0.2) is 0 Å². The van der Waals surface area contributed by atoms with E-state index in [0.717, 1.165) is 25.7 Å². The lowest BCUT2D eigenvalue weighted by Crippen LogP contribution is -2.03. The molecule has 0 bridgehead atoms. The number of carbonyl (C=O) groups is 1. The van der Waals surface area contributed by atoms with Crippen molar-refractivity contribution < 1.29 is 9.90 Å². The summed E-state index contributed by atoms with van der Waals surface area (Å²) < 4.78 is 0. The quantitative estimate of drug-likeness (QED) is 0.557. The van der Waals surface area contributed by atoms with Gasteiger partial charge in [0.1, 0.15) is 5.78 Å². The maximum atomic E-state index is 10.9. The molecule has 0 aromatic carbocycles. The van der Waals surface area contributed by atoms with Gasteiger partial charge in [-0.3, -0.25) is 4.79 Å². The van der Waals surface area contributed by atoms with Crippen molar-refractivity contribution in [2.24, 2.45) is 5.92 Å². The number of Topliss-reactive ketones (excluding diaryl/α,β-unsaturated/α-hetero) is 1. The summed E-state index contributed by atoms with van der Waals surface area (Å²) >= 11 is 0. The van der Waals surface area contributed by atoms with Crippen LogP contribution in [0, 0.1) is 5.92 Å². The molecule has 0 aromatic rings. The third-order valence-electron chi connectivity index (χ3n) is 2.16. The van der Waals surface area contributed by atoms with Gasteiger partial charge in [0, 0.05) is 19.4 Å². The topological polar surface area (TPSA) is 37.3 Å². The molecule has 0 aromatic heterocycles. The molecule has 2 nitrogen and oxygen atoms in total. The van der Waals surface area contributed by atoms with E-state index in [0.29, 0.717) is 18.1 Å². The number of aliphatic hydroxyl groups excluding tert-OH is 1. The van der Waals surface area contributed by atoms with Gasteiger partial charge in [0.2, 0.25) is 0 Å². The standard InChI is InChI=1S/C8H14O2/c9-6-7-2-1-3-8(10)5-4-7/h7,9H,1-6H2. The Morgan fingerprint density at radius 1 is 1.40 bits per heavy atom. The molecule has 1 saturated carbocycles. The number of aliphatic hydroxyl groups is 1. The van der Waals surface area contributed by atoms with Crippen molar-refractivity contribution in [3.8, 4) is 0 Å². The molecule has 1 rings (SSSR count). The van der Waals surface area contributed by atoms with Crippen LogP contribution in [0.3, 0.4) is 0 Å². The zero-order chi connectivity index (χ0) is 7.40. The second-order valence-electron chi connectivity index (χ2n) is 3.02. The first-order chi connectivity index (χ1) is 4.83. The minimum atomic E-state index is 0.257. The van der Waals surface area contributed by atoms with Crippen molar-refractivity contribution in [2.75, 3.05) is 6.61 Å². The van der Waals surface area contributed by atoms with Crippen LogP contribution in [0.5, 0.6) is 0 Å². The number of carbonyl (C=O) groups excluding carboxylic acids is 1. The van der Waals surface area contributed by atoms with Crippen LogP contribution in [0.2, 0.25) is 0 Å². The van der Waals surface area contributed by atoms with E-state index in [1.165, 1.54) is 0 Å². The summed E-state index contributed by atoms with van der Waals surface area (Å²) in [4.78, 5) is 10.9. The lowest BCUT2D eigenvalue weighted by molar-refractivity contribution is -0.118. The minimum absolute atomic E-state index is 0.257. The smallest absolute Gasteiger partial charge is 0.132 e. The average Bonchev–Trinajstić information content (AvgIpc) is 2.14. The third kappa shape index (κ3) is 2.10. The fraction of sp³-hybridized carbons (Fsp3) is 0.875. The Bertz CT molecular complexity index is 120. The number of hydrogen-bond acceptors (Lipinski definition) is 2. The lowest BCUT2D eigenvalue weighted by atomic mass is 10.0. The Kier molecular flexibility index (Phi) is 2.87. The van der Waals surface area contributed by atoms with Crippen molar-refractivity contribution in [3.63, 3.8) is 0 Å². The van der Waals surface area contributed by atoms with Crippen molar-refractivity contribution in [2.45, 2.75) is 32.1 Å².